The molecule has 0 spiro atoms. The minimum Gasteiger partial charge on any atom is -0.282 e. The Labute approximate surface area is 231 Å². The Kier molecular flexibility index (Phi) is 8.42. The van der Waals surface area contributed by atoms with Crippen LogP contribution in [0.25, 0.3) is 0 Å². The predicted molar refractivity (Wildman–Crippen MR) is 128 cm³/mol. The second-order valence-electron chi connectivity index (χ2n) is 8.45. The van der Waals surface area contributed by atoms with Gasteiger partial charge in [0.05, 0.1) is 25.9 Å². The molecule has 12 nitrogen and oxygen atoms in total. The lowest BCUT2D eigenvalue weighted by Gasteiger charge is -2.19. The first-order chi connectivity index (χ1) is 19.0. The van der Waals surface area contributed by atoms with E-state index >= 15 is 0 Å². The summed E-state index contributed by atoms with van der Waals surface area (Å²) in [6, 6.07) is 3.98. The molecule has 42 heavy (non-hydrogen) atoms. The van der Waals surface area contributed by atoms with E-state index in [9.17, 15) is 72.5 Å². The van der Waals surface area contributed by atoms with Crippen molar-refractivity contribution in [3.63, 3.8) is 0 Å². The molecule has 0 bridgehead atoms. The SMILES string of the molecule is O=[N+]([O-])c1cccc(C(F)(F)F)c1Cc1ccc(S(=O)(=O)O)c(Cc2c([N+](=O)[O-])cccc2C(F)(F)F)c1S(=O)(=O)O. The monoisotopic (exact) mass is 644 g/mol. The van der Waals surface area contributed by atoms with E-state index in [4.69, 9.17) is 0 Å². The maximum atomic E-state index is 13.8. The highest BCUT2D eigenvalue weighted by molar-refractivity contribution is 7.86. The van der Waals surface area contributed by atoms with Crippen LogP contribution in [0.15, 0.2) is 58.3 Å². The summed E-state index contributed by atoms with van der Waals surface area (Å²) in [4.78, 5) is 17.3. The largest absolute Gasteiger partial charge is 0.416 e. The second kappa shape index (κ2) is 10.9. The first-order valence-electron chi connectivity index (χ1n) is 10.8. The van der Waals surface area contributed by atoms with Gasteiger partial charge in [0.2, 0.25) is 0 Å². The van der Waals surface area contributed by atoms with Crippen LogP contribution < -0.4 is 0 Å². The van der Waals surface area contributed by atoms with Gasteiger partial charge in [0.1, 0.15) is 4.90 Å². The highest BCUT2D eigenvalue weighted by atomic mass is 32.2. The number of nitrogens with zero attached hydrogens (tertiary/aromatic N) is 2. The van der Waals surface area contributed by atoms with E-state index in [2.05, 4.69) is 0 Å². The highest BCUT2D eigenvalue weighted by Crippen LogP contribution is 2.41. The van der Waals surface area contributed by atoms with Gasteiger partial charge in [-0.2, -0.15) is 43.2 Å². The van der Waals surface area contributed by atoms with Crippen LogP contribution >= 0.6 is 0 Å². The Hall–Kier alpha value is -4.14. The molecule has 3 aromatic rings. The number of hydrogen-bond donors (Lipinski definition) is 2. The van der Waals surface area contributed by atoms with E-state index in [1.807, 2.05) is 0 Å². The zero-order valence-electron chi connectivity index (χ0n) is 20.2. The molecule has 0 radical (unpaired) electrons. The first-order valence-corrected chi connectivity index (χ1v) is 13.7. The number of nitro groups is 2. The maximum Gasteiger partial charge on any atom is 0.416 e. The molecule has 0 aliphatic carbocycles. The summed E-state index contributed by atoms with van der Waals surface area (Å²) in [5.41, 5.74) is -10.7. The van der Waals surface area contributed by atoms with Crippen molar-refractivity contribution < 1.29 is 62.1 Å². The van der Waals surface area contributed by atoms with Gasteiger partial charge in [0.15, 0.2) is 0 Å². The van der Waals surface area contributed by atoms with Crippen LogP contribution in [0.3, 0.4) is 0 Å². The van der Waals surface area contributed by atoms with Crippen LogP contribution in [0.4, 0.5) is 37.7 Å². The van der Waals surface area contributed by atoms with Gasteiger partial charge < -0.3 is 0 Å². The molecular weight excluding hydrogens is 630 g/mol. The Bertz CT molecular complexity index is 1820. The van der Waals surface area contributed by atoms with Gasteiger partial charge in [-0.1, -0.05) is 18.2 Å². The van der Waals surface area contributed by atoms with Crippen molar-refractivity contribution in [1.29, 1.82) is 0 Å². The van der Waals surface area contributed by atoms with Gasteiger partial charge in [0, 0.05) is 36.1 Å². The molecule has 0 aliphatic rings. The predicted octanol–water partition coefficient (Wildman–Crippen LogP) is 5.22. The summed E-state index contributed by atoms with van der Waals surface area (Å²) < 4.78 is 151. The van der Waals surface area contributed by atoms with Crippen molar-refractivity contribution in [3.05, 3.63) is 102 Å². The molecule has 0 fully saturated rings. The molecule has 3 aromatic carbocycles. The second-order valence-corrected chi connectivity index (χ2v) is 11.2. The van der Waals surface area contributed by atoms with E-state index in [0.29, 0.717) is 48.5 Å². The molecule has 0 unspecified atom stereocenters. The number of nitro benzene ring substituents is 2. The Morgan fingerprint density at radius 1 is 0.643 bits per heavy atom. The fourth-order valence-corrected chi connectivity index (χ4v) is 6.04. The van der Waals surface area contributed by atoms with Crippen LogP contribution in [0.5, 0.6) is 0 Å². The van der Waals surface area contributed by atoms with Crippen LogP contribution in [-0.4, -0.2) is 35.8 Å². The number of halogens is 6. The van der Waals surface area contributed by atoms with Gasteiger partial charge in [-0.05, 0) is 29.3 Å². The van der Waals surface area contributed by atoms with E-state index in [1.54, 1.807) is 0 Å². The minimum atomic E-state index is -5.83. The van der Waals surface area contributed by atoms with Crippen molar-refractivity contribution in [2.45, 2.75) is 35.0 Å². The summed E-state index contributed by atoms with van der Waals surface area (Å²) in [5.74, 6) is 0. The molecule has 3 rings (SSSR count). The first kappa shape index (κ1) is 32.4. The van der Waals surface area contributed by atoms with Crippen LogP contribution in [0, 0.1) is 20.2 Å². The molecule has 226 valence electrons. The molecule has 0 atom stereocenters. The quantitative estimate of drug-likeness (QED) is 0.142. The average Bonchev–Trinajstić information content (AvgIpc) is 2.81. The molecule has 0 amide bonds. The van der Waals surface area contributed by atoms with E-state index in [1.165, 1.54) is 0 Å². The number of rotatable bonds is 8. The number of hydrogen-bond acceptors (Lipinski definition) is 8. The molecule has 0 saturated heterocycles. The van der Waals surface area contributed by atoms with Crippen molar-refractivity contribution in [1.82, 2.24) is 0 Å². The smallest absolute Gasteiger partial charge is 0.282 e. The summed E-state index contributed by atoms with van der Waals surface area (Å²) in [5, 5.41) is 23.0. The molecule has 0 aliphatic heterocycles. The summed E-state index contributed by atoms with van der Waals surface area (Å²) in [6.07, 6.45) is -13.6. The third kappa shape index (κ3) is 6.66. The van der Waals surface area contributed by atoms with E-state index < -0.39 is 110 Å². The fraction of sp³-hybridized carbons (Fsp3) is 0.182. The van der Waals surface area contributed by atoms with Crippen LogP contribution in [0.2, 0.25) is 0 Å². The van der Waals surface area contributed by atoms with Crippen molar-refractivity contribution in [2.75, 3.05) is 0 Å². The van der Waals surface area contributed by atoms with Gasteiger partial charge in [-0.3, -0.25) is 29.3 Å². The normalized spacial score (nSPS) is 12.8. The Morgan fingerprint density at radius 2 is 1.07 bits per heavy atom. The minimum absolute atomic E-state index is 0.329. The van der Waals surface area contributed by atoms with Gasteiger partial charge >= 0.3 is 12.4 Å². The van der Waals surface area contributed by atoms with Gasteiger partial charge in [-0.25, -0.2) is 0 Å². The maximum absolute atomic E-state index is 13.8. The lowest BCUT2D eigenvalue weighted by molar-refractivity contribution is -0.385. The molecule has 0 heterocycles. The zero-order valence-corrected chi connectivity index (χ0v) is 21.8. The van der Waals surface area contributed by atoms with E-state index in [0.717, 1.165) is 0 Å². The molecule has 0 aromatic heterocycles. The summed E-state index contributed by atoms with van der Waals surface area (Å²) >= 11 is 0. The third-order valence-corrected chi connectivity index (χ3v) is 7.83. The summed E-state index contributed by atoms with van der Waals surface area (Å²) in [6.45, 7) is 0. The van der Waals surface area contributed by atoms with Crippen LogP contribution in [0.1, 0.15) is 33.4 Å². The Morgan fingerprint density at radius 3 is 1.43 bits per heavy atom. The number of alkyl halides is 6. The highest BCUT2D eigenvalue weighted by Gasteiger charge is 2.40. The number of benzene rings is 3. The Balaban J connectivity index is 2.50. The average molecular weight is 644 g/mol. The zero-order chi connectivity index (χ0) is 32.0. The summed E-state index contributed by atoms with van der Waals surface area (Å²) in [7, 11) is -11.4. The van der Waals surface area contributed by atoms with Gasteiger partial charge in [0.25, 0.3) is 31.6 Å². The van der Waals surface area contributed by atoms with Crippen molar-refractivity contribution in [3.8, 4) is 0 Å². The lowest BCUT2D eigenvalue weighted by Crippen LogP contribution is -2.18. The van der Waals surface area contributed by atoms with Crippen molar-refractivity contribution >= 4 is 31.6 Å². The third-order valence-electron chi connectivity index (χ3n) is 5.86. The molecular formula is C22H14F6N2O10S2. The molecule has 0 saturated carbocycles. The van der Waals surface area contributed by atoms with Crippen LogP contribution in [-0.2, 0) is 45.4 Å². The van der Waals surface area contributed by atoms with Gasteiger partial charge in [-0.15, -0.1) is 0 Å². The van der Waals surface area contributed by atoms with Crippen molar-refractivity contribution in [2.24, 2.45) is 0 Å². The topological polar surface area (TPSA) is 195 Å². The standard InChI is InChI=1S/C22H14F6N2O10S2/c23-21(24,25)15-3-1-5-17(29(31)32)12(15)9-11-7-8-19(41(35,36)37)14(20(11)42(38,39)40)10-13-16(22(26,27)28)4-2-6-18(13)30(33)34/h1-8H,9-10H2,(H,35,36,37)(H,38,39,40). The van der Waals surface area contributed by atoms with E-state index in [-0.39, 0.29) is 0 Å². The molecule has 2 N–H and O–H groups in total. The lowest BCUT2D eigenvalue weighted by atomic mass is 9.93. The fourth-order valence-electron chi connectivity index (χ4n) is 4.29. The molecule has 20 heteroatoms.